The van der Waals surface area contributed by atoms with Crippen molar-refractivity contribution in [3.63, 3.8) is 0 Å². The van der Waals surface area contributed by atoms with E-state index >= 15 is 0 Å². The van der Waals surface area contributed by atoms with Crippen LogP contribution in [-0.4, -0.2) is 31.6 Å². The number of ether oxygens (including phenoxy) is 1. The maximum Gasteiger partial charge on any atom is 0.248 e. The molecular weight excluding hydrogens is 382 g/mol. The summed E-state index contributed by atoms with van der Waals surface area (Å²) in [5, 5.41) is 6.11. The zero-order chi connectivity index (χ0) is 17.7. The number of hydrogen-bond acceptors (Lipinski definition) is 3. The van der Waals surface area contributed by atoms with Gasteiger partial charge in [0.25, 0.3) is 0 Å². The maximum atomic E-state index is 13.2. The second-order valence-electron chi connectivity index (χ2n) is 6.24. The summed E-state index contributed by atoms with van der Waals surface area (Å²) < 4.78 is 32.5. The van der Waals surface area contributed by atoms with Gasteiger partial charge in [-0.2, -0.15) is 0 Å². The molecule has 1 amide bonds. The van der Waals surface area contributed by atoms with E-state index in [0.29, 0.717) is 12.2 Å². The van der Waals surface area contributed by atoms with Crippen LogP contribution < -0.4 is 10.6 Å². The average molecular weight is 405 g/mol. The van der Waals surface area contributed by atoms with Gasteiger partial charge in [-0.3, -0.25) is 4.79 Å². The van der Waals surface area contributed by atoms with Crippen LogP contribution in [0.5, 0.6) is 0 Å². The van der Waals surface area contributed by atoms with Gasteiger partial charge in [-0.05, 0) is 38.0 Å². The molecular formula is C17H23BrF2N2O2. The molecule has 0 heterocycles. The van der Waals surface area contributed by atoms with Crippen molar-refractivity contribution >= 4 is 33.2 Å². The van der Waals surface area contributed by atoms with Gasteiger partial charge in [-0.15, -0.1) is 0 Å². The number of carbonyl (C=O) groups is 1. The third-order valence-electron chi connectivity index (χ3n) is 4.31. The fourth-order valence-corrected chi connectivity index (χ4v) is 3.01. The zero-order valence-electron chi connectivity index (χ0n) is 13.9. The number of nitrogens with one attached hydrogen (secondary N) is 2. The van der Waals surface area contributed by atoms with Crippen molar-refractivity contribution in [1.82, 2.24) is 0 Å². The fraction of sp³-hybridized carbons (Fsp3) is 0.588. The van der Waals surface area contributed by atoms with E-state index in [0.717, 1.165) is 10.2 Å². The van der Waals surface area contributed by atoms with Crippen LogP contribution in [0.2, 0.25) is 0 Å². The van der Waals surface area contributed by atoms with Gasteiger partial charge in [0, 0.05) is 36.9 Å². The molecule has 24 heavy (non-hydrogen) atoms. The van der Waals surface area contributed by atoms with Crippen LogP contribution in [0, 0.1) is 5.92 Å². The van der Waals surface area contributed by atoms with Crippen LogP contribution in [-0.2, 0) is 9.53 Å². The van der Waals surface area contributed by atoms with Gasteiger partial charge >= 0.3 is 0 Å². The van der Waals surface area contributed by atoms with Crippen LogP contribution in [0.1, 0.15) is 32.6 Å². The van der Waals surface area contributed by atoms with Gasteiger partial charge in [0.05, 0.1) is 17.5 Å². The number of anilines is 2. The topological polar surface area (TPSA) is 50.4 Å². The second-order valence-corrected chi connectivity index (χ2v) is 7.15. The summed E-state index contributed by atoms with van der Waals surface area (Å²) in [4.78, 5) is 12.4. The predicted molar refractivity (Wildman–Crippen MR) is 94.6 cm³/mol. The van der Waals surface area contributed by atoms with Crippen LogP contribution in [0.15, 0.2) is 22.7 Å². The van der Waals surface area contributed by atoms with Crippen molar-refractivity contribution in [1.29, 1.82) is 0 Å². The number of methoxy groups -OCH3 is 1. The molecule has 1 aliphatic rings. The van der Waals surface area contributed by atoms with Crippen molar-refractivity contribution in [3.05, 3.63) is 22.7 Å². The van der Waals surface area contributed by atoms with Gasteiger partial charge in [0.1, 0.15) is 0 Å². The standard InChI is InChI=1S/C17H23BrF2N2O2/c1-11(24-2)10-21-15-9-13(18)3-4-14(15)22-16(23)12-5-7-17(19,20)8-6-12/h3-4,9,11-12,21H,5-8,10H2,1-2H3,(H,22,23)/t11-/m0/s1. The van der Waals surface area contributed by atoms with Crippen molar-refractivity contribution in [3.8, 4) is 0 Å². The molecule has 0 spiro atoms. The Morgan fingerprint density at radius 2 is 2.04 bits per heavy atom. The molecule has 0 saturated heterocycles. The lowest BCUT2D eigenvalue weighted by atomic mass is 9.86. The van der Waals surface area contributed by atoms with E-state index in [1.165, 1.54) is 0 Å². The molecule has 1 saturated carbocycles. The first-order valence-corrected chi connectivity index (χ1v) is 8.85. The first kappa shape index (κ1) is 19.1. The summed E-state index contributed by atoms with van der Waals surface area (Å²) in [7, 11) is 1.63. The quantitative estimate of drug-likeness (QED) is 0.724. The lowest BCUT2D eigenvalue weighted by Gasteiger charge is -2.27. The Balaban J connectivity index is 2.02. The van der Waals surface area contributed by atoms with Gasteiger partial charge < -0.3 is 15.4 Å². The van der Waals surface area contributed by atoms with Gasteiger partial charge in [0.15, 0.2) is 0 Å². The van der Waals surface area contributed by atoms with E-state index in [2.05, 4.69) is 26.6 Å². The normalized spacial score (nSPS) is 18.9. The van der Waals surface area contributed by atoms with Gasteiger partial charge in [-0.1, -0.05) is 15.9 Å². The molecule has 2 N–H and O–H groups in total. The van der Waals surface area contributed by atoms with Crippen LogP contribution in [0.4, 0.5) is 20.2 Å². The molecule has 1 aliphatic carbocycles. The lowest BCUT2D eigenvalue weighted by molar-refractivity contribution is -0.124. The van der Waals surface area contributed by atoms with E-state index in [1.54, 1.807) is 13.2 Å². The first-order valence-electron chi connectivity index (χ1n) is 8.05. The number of benzene rings is 1. The third kappa shape index (κ3) is 5.41. The van der Waals surface area contributed by atoms with Gasteiger partial charge in [0.2, 0.25) is 11.8 Å². The molecule has 1 aromatic rings. The highest BCUT2D eigenvalue weighted by atomic mass is 79.9. The molecule has 4 nitrogen and oxygen atoms in total. The molecule has 0 aliphatic heterocycles. The van der Waals surface area contributed by atoms with Crippen molar-refractivity contribution in [2.45, 2.75) is 44.6 Å². The first-order chi connectivity index (χ1) is 11.3. The number of amides is 1. The van der Waals surface area contributed by atoms with Gasteiger partial charge in [-0.25, -0.2) is 8.78 Å². The van der Waals surface area contributed by atoms with Crippen LogP contribution in [0.3, 0.4) is 0 Å². The lowest BCUT2D eigenvalue weighted by Crippen LogP contribution is -2.32. The SMILES string of the molecule is CO[C@@H](C)CNc1cc(Br)ccc1NC(=O)C1CCC(F)(F)CC1. The van der Waals surface area contributed by atoms with Crippen molar-refractivity contribution < 1.29 is 18.3 Å². The Morgan fingerprint density at radius 3 is 2.67 bits per heavy atom. The van der Waals surface area contributed by atoms with E-state index in [-0.39, 0.29) is 43.6 Å². The summed E-state index contributed by atoms with van der Waals surface area (Å²) in [5.41, 5.74) is 1.41. The second kappa shape index (κ2) is 8.25. The summed E-state index contributed by atoms with van der Waals surface area (Å²) in [6, 6.07) is 5.49. The smallest absolute Gasteiger partial charge is 0.248 e. The fourth-order valence-electron chi connectivity index (χ4n) is 2.65. The highest BCUT2D eigenvalue weighted by molar-refractivity contribution is 9.10. The Morgan fingerprint density at radius 1 is 1.38 bits per heavy atom. The molecule has 1 aromatic carbocycles. The minimum atomic E-state index is -2.63. The predicted octanol–water partition coefficient (Wildman–Crippen LogP) is 4.66. The van der Waals surface area contributed by atoms with Crippen LogP contribution >= 0.6 is 15.9 Å². The molecule has 2 rings (SSSR count). The monoisotopic (exact) mass is 404 g/mol. The summed E-state index contributed by atoms with van der Waals surface area (Å²) in [6.07, 6.45) is 0.0228. The van der Waals surface area contributed by atoms with Crippen molar-refractivity contribution in [2.75, 3.05) is 24.3 Å². The highest BCUT2D eigenvalue weighted by Gasteiger charge is 2.37. The summed E-state index contributed by atoms with van der Waals surface area (Å²) in [6.45, 7) is 2.52. The number of carbonyl (C=O) groups excluding carboxylic acids is 1. The number of alkyl halides is 2. The molecule has 134 valence electrons. The molecule has 7 heteroatoms. The Kier molecular flexibility index (Phi) is 6.57. The molecule has 0 radical (unpaired) electrons. The summed E-state index contributed by atoms with van der Waals surface area (Å²) >= 11 is 3.41. The van der Waals surface area contributed by atoms with E-state index in [1.807, 2.05) is 19.1 Å². The minimum Gasteiger partial charge on any atom is -0.381 e. The third-order valence-corrected chi connectivity index (χ3v) is 4.80. The Bertz CT molecular complexity index is 574. The molecule has 0 unspecified atom stereocenters. The average Bonchev–Trinajstić information content (AvgIpc) is 2.54. The number of hydrogen-bond donors (Lipinski definition) is 2. The molecule has 1 atom stereocenters. The van der Waals surface area contributed by atoms with E-state index in [4.69, 9.17) is 4.74 Å². The maximum absolute atomic E-state index is 13.2. The molecule has 0 bridgehead atoms. The molecule has 0 aromatic heterocycles. The number of halogens is 3. The Hall–Kier alpha value is -1.21. The number of rotatable bonds is 6. The summed E-state index contributed by atoms with van der Waals surface area (Å²) in [5.74, 6) is -3.19. The largest absolute Gasteiger partial charge is 0.381 e. The zero-order valence-corrected chi connectivity index (χ0v) is 15.5. The minimum absolute atomic E-state index is 0.0214. The Labute approximate surface area is 149 Å². The highest BCUT2D eigenvalue weighted by Crippen LogP contribution is 2.37. The van der Waals surface area contributed by atoms with E-state index in [9.17, 15) is 13.6 Å². The van der Waals surface area contributed by atoms with Crippen molar-refractivity contribution in [2.24, 2.45) is 5.92 Å². The van der Waals surface area contributed by atoms with Crippen LogP contribution in [0.25, 0.3) is 0 Å². The van der Waals surface area contributed by atoms with E-state index < -0.39 is 5.92 Å². The molecule has 1 fully saturated rings.